The van der Waals surface area contributed by atoms with Gasteiger partial charge < -0.3 is 10.5 Å². The molecule has 2 aromatic carbocycles. The quantitative estimate of drug-likeness (QED) is 0.654. The van der Waals surface area contributed by atoms with Crippen molar-refractivity contribution in [1.82, 2.24) is 0 Å². The van der Waals surface area contributed by atoms with Crippen molar-refractivity contribution in [2.24, 2.45) is 5.73 Å². The Hall–Kier alpha value is -2.36. The van der Waals surface area contributed by atoms with E-state index in [1.807, 2.05) is 19.1 Å². The summed E-state index contributed by atoms with van der Waals surface area (Å²) in [5.41, 5.74) is 7.88. The molecule has 0 fully saturated rings. The molecule has 3 nitrogen and oxygen atoms in total. The van der Waals surface area contributed by atoms with Crippen molar-refractivity contribution in [3.05, 3.63) is 65.0 Å². The van der Waals surface area contributed by atoms with Gasteiger partial charge in [0.15, 0.2) is 0 Å². The van der Waals surface area contributed by atoms with Gasteiger partial charge in [-0.1, -0.05) is 30.3 Å². The molecule has 0 heterocycles. The minimum Gasteiger partial charge on any atom is -0.489 e. The van der Waals surface area contributed by atoms with E-state index in [0.717, 1.165) is 11.1 Å². The zero-order valence-electron chi connectivity index (χ0n) is 10.6. The molecule has 0 unspecified atom stereocenters. The third-order valence-corrected chi connectivity index (χ3v) is 2.81. The van der Waals surface area contributed by atoms with Gasteiger partial charge in [0, 0.05) is 11.6 Å². The highest BCUT2D eigenvalue weighted by Gasteiger charge is 2.03. The second-order valence-electron chi connectivity index (χ2n) is 4.31. The molecule has 0 saturated carbocycles. The van der Waals surface area contributed by atoms with E-state index < -0.39 is 0 Å². The number of amidine groups is 1. The maximum Gasteiger partial charge on any atom is 0.126 e. The van der Waals surface area contributed by atoms with E-state index >= 15 is 0 Å². The fraction of sp³-hybridized carbons (Fsp3) is 0.133. The predicted molar refractivity (Wildman–Crippen MR) is 72.9 cm³/mol. The van der Waals surface area contributed by atoms with Crippen LogP contribution in [0, 0.1) is 18.2 Å². The number of nitrogens with one attached hydrogen (secondary N) is 1. The van der Waals surface area contributed by atoms with Gasteiger partial charge in [0.2, 0.25) is 0 Å². The first-order valence-corrected chi connectivity index (χ1v) is 5.88. The van der Waals surface area contributed by atoms with Gasteiger partial charge in [-0.15, -0.1) is 0 Å². The Bertz CT molecular complexity index is 594. The van der Waals surface area contributed by atoms with Crippen molar-refractivity contribution in [2.45, 2.75) is 13.5 Å². The summed E-state index contributed by atoms with van der Waals surface area (Å²) in [6.07, 6.45) is 0. The molecule has 2 aromatic rings. The van der Waals surface area contributed by atoms with Crippen LogP contribution < -0.4 is 10.5 Å². The minimum atomic E-state index is -0.312. The summed E-state index contributed by atoms with van der Waals surface area (Å²) < 4.78 is 18.7. The van der Waals surface area contributed by atoms with Gasteiger partial charge in [-0.05, 0) is 24.1 Å². The molecule has 19 heavy (non-hydrogen) atoms. The molecule has 0 aliphatic heterocycles. The zero-order chi connectivity index (χ0) is 13.8. The van der Waals surface area contributed by atoms with Crippen molar-refractivity contribution in [1.29, 1.82) is 5.41 Å². The molecule has 2 rings (SSSR count). The molecule has 0 amide bonds. The first-order chi connectivity index (χ1) is 9.06. The fourth-order valence-electron chi connectivity index (χ4n) is 1.67. The van der Waals surface area contributed by atoms with Crippen molar-refractivity contribution in [3.63, 3.8) is 0 Å². The van der Waals surface area contributed by atoms with Crippen LogP contribution in [0.25, 0.3) is 0 Å². The second-order valence-corrected chi connectivity index (χ2v) is 4.31. The first kappa shape index (κ1) is 13.1. The van der Waals surface area contributed by atoms with Crippen molar-refractivity contribution in [2.75, 3.05) is 0 Å². The number of hydrogen-bond acceptors (Lipinski definition) is 2. The minimum absolute atomic E-state index is 0.0356. The summed E-state index contributed by atoms with van der Waals surface area (Å²) in [4.78, 5) is 0. The van der Waals surface area contributed by atoms with Crippen LogP contribution in [-0.2, 0) is 6.61 Å². The fourth-order valence-corrected chi connectivity index (χ4v) is 1.67. The molecule has 0 saturated heterocycles. The lowest BCUT2D eigenvalue weighted by Crippen LogP contribution is -2.10. The number of aryl methyl sites for hydroxylation is 1. The van der Waals surface area contributed by atoms with Crippen LogP contribution >= 0.6 is 0 Å². The zero-order valence-corrected chi connectivity index (χ0v) is 10.6. The van der Waals surface area contributed by atoms with Gasteiger partial charge in [0.1, 0.15) is 24.0 Å². The monoisotopic (exact) mass is 258 g/mol. The van der Waals surface area contributed by atoms with E-state index in [0.29, 0.717) is 17.9 Å². The SMILES string of the molecule is Cc1ccc(F)cc1OCc1ccc(C(=N)N)cc1. The molecule has 3 N–H and O–H groups in total. The Kier molecular flexibility index (Phi) is 3.80. The number of benzene rings is 2. The molecule has 0 spiro atoms. The largest absolute Gasteiger partial charge is 0.489 e. The molecule has 0 aliphatic rings. The maximum atomic E-state index is 13.1. The number of ether oxygens (including phenoxy) is 1. The van der Waals surface area contributed by atoms with Crippen LogP contribution in [0.1, 0.15) is 16.7 Å². The van der Waals surface area contributed by atoms with Crippen molar-refractivity contribution < 1.29 is 9.13 Å². The summed E-state index contributed by atoms with van der Waals surface area (Å²) in [6.45, 7) is 2.22. The summed E-state index contributed by atoms with van der Waals surface area (Å²) in [6, 6.07) is 11.7. The third-order valence-electron chi connectivity index (χ3n) is 2.81. The molecule has 0 radical (unpaired) electrons. The highest BCUT2D eigenvalue weighted by molar-refractivity contribution is 5.94. The molecular weight excluding hydrogens is 243 g/mol. The summed E-state index contributed by atoms with van der Waals surface area (Å²) in [7, 11) is 0. The molecule has 4 heteroatoms. The van der Waals surface area contributed by atoms with E-state index in [4.69, 9.17) is 15.9 Å². The Labute approximate surface area is 111 Å². The average Bonchev–Trinajstić information content (AvgIpc) is 2.40. The van der Waals surface area contributed by atoms with E-state index in [1.165, 1.54) is 12.1 Å². The highest BCUT2D eigenvalue weighted by atomic mass is 19.1. The Morgan fingerprint density at radius 3 is 2.53 bits per heavy atom. The van der Waals surface area contributed by atoms with E-state index in [2.05, 4.69) is 0 Å². The van der Waals surface area contributed by atoms with Gasteiger partial charge >= 0.3 is 0 Å². The summed E-state index contributed by atoms with van der Waals surface area (Å²) >= 11 is 0. The summed E-state index contributed by atoms with van der Waals surface area (Å²) in [5.74, 6) is 0.261. The van der Waals surface area contributed by atoms with Gasteiger partial charge in [0.05, 0.1) is 0 Å². The average molecular weight is 258 g/mol. The van der Waals surface area contributed by atoms with Gasteiger partial charge in [0.25, 0.3) is 0 Å². The predicted octanol–water partition coefficient (Wildman–Crippen LogP) is 3.00. The highest BCUT2D eigenvalue weighted by Crippen LogP contribution is 2.20. The van der Waals surface area contributed by atoms with E-state index in [9.17, 15) is 4.39 Å². The van der Waals surface area contributed by atoms with Gasteiger partial charge in [-0.2, -0.15) is 0 Å². The standard InChI is InChI=1S/C15H15FN2O/c1-10-2-7-13(16)8-14(10)19-9-11-3-5-12(6-4-11)15(17)18/h2-8H,9H2,1H3,(H3,17,18). The van der Waals surface area contributed by atoms with Crippen LogP contribution in [0.3, 0.4) is 0 Å². The normalized spacial score (nSPS) is 10.2. The van der Waals surface area contributed by atoms with E-state index in [1.54, 1.807) is 18.2 Å². The number of hydrogen-bond donors (Lipinski definition) is 2. The molecule has 0 aliphatic carbocycles. The van der Waals surface area contributed by atoms with Crippen LogP contribution in [0.2, 0.25) is 0 Å². The van der Waals surface area contributed by atoms with Crippen LogP contribution in [0.4, 0.5) is 4.39 Å². The second kappa shape index (κ2) is 5.52. The molecular formula is C15H15FN2O. The number of halogens is 1. The number of nitrogens with two attached hydrogens (primary N) is 1. The lowest BCUT2D eigenvalue weighted by atomic mass is 10.1. The van der Waals surface area contributed by atoms with Crippen LogP contribution in [0.5, 0.6) is 5.75 Å². The first-order valence-electron chi connectivity index (χ1n) is 5.88. The smallest absolute Gasteiger partial charge is 0.126 e. The van der Waals surface area contributed by atoms with E-state index in [-0.39, 0.29) is 11.7 Å². The van der Waals surface area contributed by atoms with Crippen LogP contribution in [0.15, 0.2) is 42.5 Å². The lowest BCUT2D eigenvalue weighted by molar-refractivity contribution is 0.302. The number of nitrogen functional groups attached to an aromatic ring is 1. The Morgan fingerprint density at radius 2 is 1.89 bits per heavy atom. The van der Waals surface area contributed by atoms with Crippen molar-refractivity contribution >= 4 is 5.84 Å². The van der Waals surface area contributed by atoms with Gasteiger partial charge in [-0.25, -0.2) is 4.39 Å². The van der Waals surface area contributed by atoms with Crippen LogP contribution in [-0.4, -0.2) is 5.84 Å². The molecule has 0 bridgehead atoms. The maximum absolute atomic E-state index is 13.1. The molecule has 98 valence electrons. The number of rotatable bonds is 4. The molecule has 0 atom stereocenters. The lowest BCUT2D eigenvalue weighted by Gasteiger charge is -2.09. The Balaban J connectivity index is 2.06. The third kappa shape index (κ3) is 3.31. The Morgan fingerprint density at radius 1 is 1.21 bits per heavy atom. The van der Waals surface area contributed by atoms with Gasteiger partial charge in [-0.3, -0.25) is 5.41 Å². The molecule has 0 aromatic heterocycles. The topological polar surface area (TPSA) is 59.1 Å². The van der Waals surface area contributed by atoms with Crippen molar-refractivity contribution in [3.8, 4) is 5.75 Å². The summed E-state index contributed by atoms with van der Waals surface area (Å²) in [5, 5.41) is 7.30.